The zero-order chi connectivity index (χ0) is 20.0. The van der Waals surface area contributed by atoms with Gasteiger partial charge >= 0.3 is 5.97 Å². The van der Waals surface area contributed by atoms with E-state index in [1.165, 1.54) is 0 Å². The molecule has 1 aliphatic heterocycles. The zero-order valence-corrected chi connectivity index (χ0v) is 15.4. The zero-order valence-electron chi connectivity index (χ0n) is 15.4. The van der Waals surface area contributed by atoms with Crippen LogP contribution < -0.4 is 15.0 Å². The van der Waals surface area contributed by atoms with E-state index in [-0.39, 0.29) is 12.7 Å². The molecule has 2 heterocycles. The molecule has 1 N–H and O–H groups in total. The van der Waals surface area contributed by atoms with Crippen LogP contribution in [0.15, 0.2) is 59.4 Å². The second-order valence-corrected chi connectivity index (χ2v) is 7.23. The largest absolute Gasteiger partial charge is 0.479 e. The monoisotopic (exact) mass is 390 g/mol. The Labute approximate surface area is 166 Å². The number of hydrogen-bond donors (Lipinski definition) is 1. The van der Waals surface area contributed by atoms with E-state index in [1.807, 2.05) is 30.3 Å². The van der Waals surface area contributed by atoms with Crippen molar-refractivity contribution in [1.29, 1.82) is 0 Å². The van der Waals surface area contributed by atoms with Crippen LogP contribution >= 0.6 is 0 Å². The number of carboxylic acids is 1. The van der Waals surface area contributed by atoms with Crippen LogP contribution in [0.3, 0.4) is 0 Å². The summed E-state index contributed by atoms with van der Waals surface area (Å²) in [7, 11) is 0. The molecule has 3 aromatic rings. The van der Waals surface area contributed by atoms with Crippen molar-refractivity contribution < 1.29 is 19.4 Å². The van der Waals surface area contributed by atoms with E-state index in [0.29, 0.717) is 22.6 Å². The highest BCUT2D eigenvalue weighted by molar-refractivity contribution is 5.76. The van der Waals surface area contributed by atoms with Crippen molar-refractivity contribution in [2.45, 2.75) is 24.8 Å². The van der Waals surface area contributed by atoms with Gasteiger partial charge in [0.1, 0.15) is 0 Å². The quantitative estimate of drug-likeness (QED) is 0.720. The van der Waals surface area contributed by atoms with Crippen LogP contribution in [0.25, 0.3) is 11.1 Å². The first-order chi connectivity index (χ1) is 14.1. The van der Waals surface area contributed by atoms with Crippen LogP contribution in [0.5, 0.6) is 11.5 Å². The molecule has 7 heteroatoms. The Balaban J connectivity index is 1.69. The molecule has 5 rings (SSSR count). The molecule has 29 heavy (non-hydrogen) atoms. The third-order valence-electron chi connectivity index (χ3n) is 5.23. The van der Waals surface area contributed by atoms with Crippen molar-refractivity contribution in [3.63, 3.8) is 0 Å². The molecule has 0 amide bonds. The second kappa shape index (κ2) is 6.77. The van der Waals surface area contributed by atoms with Gasteiger partial charge in [-0.25, -0.2) is 9.48 Å². The second-order valence-electron chi connectivity index (χ2n) is 7.23. The van der Waals surface area contributed by atoms with Crippen molar-refractivity contribution in [3.8, 4) is 22.6 Å². The summed E-state index contributed by atoms with van der Waals surface area (Å²) in [5.74, 6) is 0.110. The standard InChI is InChI=1S/C22H18N2O5/c25-21-16(13-4-2-1-3-5-13)11-17(14-6-7-14)23-24(21)20(22(26)27)15-8-9-18-19(10-15)29-12-28-18/h1-5,8-11,14,20H,6-7,12H2,(H,26,27). The van der Waals surface area contributed by atoms with Crippen molar-refractivity contribution >= 4 is 5.97 Å². The maximum absolute atomic E-state index is 13.3. The van der Waals surface area contributed by atoms with E-state index in [0.717, 1.165) is 28.8 Å². The van der Waals surface area contributed by atoms with Crippen LogP contribution in [0, 0.1) is 0 Å². The minimum atomic E-state index is -1.27. The minimum Gasteiger partial charge on any atom is -0.479 e. The van der Waals surface area contributed by atoms with Gasteiger partial charge in [-0.2, -0.15) is 5.10 Å². The van der Waals surface area contributed by atoms with Crippen molar-refractivity contribution in [3.05, 3.63) is 76.2 Å². The van der Waals surface area contributed by atoms with Gasteiger partial charge in [-0.15, -0.1) is 0 Å². The van der Waals surface area contributed by atoms with Crippen LogP contribution in [-0.4, -0.2) is 27.6 Å². The summed E-state index contributed by atoms with van der Waals surface area (Å²) in [6.45, 7) is 0.0873. The number of benzene rings is 2. The van der Waals surface area contributed by atoms with Crippen molar-refractivity contribution in [2.24, 2.45) is 0 Å². The predicted octanol–water partition coefficient (Wildman–Crippen LogP) is 3.19. The van der Waals surface area contributed by atoms with E-state index < -0.39 is 17.6 Å². The predicted molar refractivity (Wildman–Crippen MR) is 104 cm³/mol. The Hall–Kier alpha value is -3.61. The number of nitrogens with zero attached hydrogens (tertiary/aromatic N) is 2. The highest BCUT2D eigenvalue weighted by Crippen LogP contribution is 2.40. The van der Waals surface area contributed by atoms with Crippen molar-refractivity contribution in [1.82, 2.24) is 9.78 Å². The van der Waals surface area contributed by atoms with Crippen LogP contribution in [0.2, 0.25) is 0 Å². The Morgan fingerprint density at radius 3 is 2.55 bits per heavy atom. The van der Waals surface area contributed by atoms with Crippen LogP contribution in [-0.2, 0) is 4.79 Å². The van der Waals surface area contributed by atoms with Gasteiger partial charge in [0.2, 0.25) is 6.79 Å². The number of carbonyl (C=O) groups is 1. The number of ether oxygens (including phenoxy) is 2. The SMILES string of the molecule is O=C(O)C(c1ccc2c(c1)OCO2)n1nc(C2CC2)cc(-c2ccccc2)c1=O. The summed E-state index contributed by atoms with van der Waals surface area (Å²) in [5.41, 5.74) is 1.91. The van der Waals surface area contributed by atoms with E-state index >= 15 is 0 Å². The van der Waals surface area contributed by atoms with Crippen LogP contribution in [0.4, 0.5) is 0 Å². The normalized spacial score (nSPS) is 15.9. The molecule has 2 aliphatic rings. The lowest BCUT2D eigenvalue weighted by atomic mass is 10.0. The minimum absolute atomic E-state index is 0.0873. The summed E-state index contributed by atoms with van der Waals surface area (Å²) >= 11 is 0. The average molecular weight is 390 g/mol. The molecule has 0 saturated heterocycles. The molecule has 2 aromatic carbocycles. The highest BCUT2D eigenvalue weighted by Gasteiger charge is 2.31. The number of carboxylic acid groups (broad SMARTS) is 1. The number of hydrogen-bond acceptors (Lipinski definition) is 5. The van der Waals surface area contributed by atoms with Gasteiger partial charge in [-0.1, -0.05) is 36.4 Å². The Morgan fingerprint density at radius 2 is 1.83 bits per heavy atom. The van der Waals surface area contributed by atoms with E-state index in [2.05, 4.69) is 5.10 Å². The fourth-order valence-electron chi connectivity index (χ4n) is 3.58. The van der Waals surface area contributed by atoms with Gasteiger partial charge in [-0.3, -0.25) is 4.79 Å². The third kappa shape index (κ3) is 3.14. The van der Waals surface area contributed by atoms with E-state index in [4.69, 9.17) is 9.47 Å². The fraction of sp³-hybridized carbons (Fsp3) is 0.227. The molecule has 1 unspecified atom stereocenters. The first kappa shape index (κ1) is 17.5. The summed E-state index contributed by atoms with van der Waals surface area (Å²) in [5, 5.41) is 14.5. The Bertz CT molecular complexity index is 1150. The fourth-order valence-corrected chi connectivity index (χ4v) is 3.58. The lowest BCUT2D eigenvalue weighted by Gasteiger charge is -2.18. The smallest absolute Gasteiger partial charge is 0.333 e. The Morgan fingerprint density at radius 1 is 1.07 bits per heavy atom. The summed E-state index contributed by atoms with van der Waals surface area (Å²) in [6.07, 6.45) is 1.97. The lowest BCUT2D eigenvalue weighted by Crippen LogP contribution is -2.34. The molecule has 0 bridgehead atoms. The summed E-state index contributed by atoms with van der Waals surface area (Å²) in [4.78, 5) is 25.5. The number of aliphatic carboxylic acids is 1. The van der Waals surface area contributed by atoms with E-state index in [9.17, 15) is 14.7 Å². The Kier molecular flexibility index (Phi) is 4.08. The van der Waals surface area contributed by atoms with Gasteiger partial charge in [0.15, 0.2) is 17.5 Å². The number of rotatable bonds is 5. The van der Waals surface area contributed by atoms with Crippen LogP contribution in [0.1, 0.15) is 36.1 Å². The molecule has 1 aliphatic carbocycles. The molecule has 1 saturated carbocycles. The molecule has 0 spiro atoms. The molecule has 1 fully saturated rings. The molecule has 1 aromatic heterocycles. The summed E-state index contributed by atoms with van der Waals surface area (Å²) in [6, 6.07) is 14.7. The van der Waals surface area contributed by atoms with Gasteiger partial charge in [0, 0.05) is 5.92 Å². The lowest BCUT2D eigenvalue weighted by molar-refractivity contribution is -0.139. The van der Waals surface area contributed by atoms with Gasteiger partial charge in [-0.05, 0) is 42.2 Å². The molecule has 1 atom stereocenters. The number of fused-ring (bicyclic) bond motifs is 1. The van der Waals surface area contributed by atoms with E-state index in [1.54, 1.807) is 24.3 Å². The van der Waals surface area contributed by atoms with Crippen molar-refractivity contribution in [2.75, 3.05) is 6.79 Å². The molecular formula is C22H18N2O5. The van der Waals surface area contributed by atoms with Gasteiger partial charge in [0.05, 0.1) is 11.3 Å². The molecular weight excluding hydrogens is 372 g/mol. The first-order valence-electron chi connectivity index (χ1n) is 9.43. The number of aromatic nitrogens is 2. The first-order valence-corrected chi connectivity index (χ1v) is 9.43. The highest BCUT2D eigenvalue weighted by atomic mass is 16.7. The maximum Gasteiger partial charge on any atom is 0.333 e. The molecule has 146 valence electrons. The van der Waals surface area contributed by atoms with Gasteiger partial charge in [0.25, 0.3) is 5.56 Å². The summed E-state index contributed by atoms with van der Waals surface area (Å²) < 4.78 is 11.8. The maximum atomic E-state index is 13.3. The third-order valence-corrected chi connectivity index (χ3v) is 5.23. The topological polar surface area (TPSA) is 90.7 Å². The molecule has 7 nitrogen and oxygen atoms in total. The average Bonchev–Trinajstić information content (AvgIpc) is 3.47. The van der Waals surface area contributed by atoms with Gasteiger partial charge < -0.3 is 14.6 Å². The molecule has 0 radical (unpaired) electrons.